The molecule has 2 aromatic rings. The maximum absolute atomic E-state index is 12.0. The lowest BCUT2D eigenvalue weighted by Gasteiger charge is -2.17. The second-order valence-electron chi connectivity index (χ2n) is 5.27. The first-order chi connectivity index (χ1) is 10.2. The van der Waals surface area contributed by atoms with Crippen molar-refractivity contribution in [2.75, 3.05) is 26.2 Å². The smallest absolute Gasteiger partial charge is 0.224 e. The average Bonchev–Trinajstić information content (AvgIpc) is 2.91. The summed E-state index contributed by atoms with van der Waals surface area (Å²) in [6, 6.07) is 8.08. The first kappa shape index (κ1) is 15.6. The molecule has 1 aromatic carbocycles. The molecule has 1 aromatic heterocycles. The molecule has 2 rings (SSSR count). The number of aromatic nitrogens is 1. The Hall–Kier alpha value is -1.81. The third-order valence-corrected chi connectivity index (χ3v) is 3.89. The fourth-order valence-corrected chi connectivity index (χ4v) is 2.58. The number of H-pyrrole nitrogens is 1. The molecule has 0 fully saturated rings. The molecular formula is C17H25N3O. The lowest BCUT2D eigenvalue weighted by molar-refractivity contribution is -0.120. The molecule has 114 valence electrons. The molecule has 1 amide bonds. The van der Waals surface area contributed by atoms with Gasteiger partial charge in [0.05, 0.1) is 6.42 Å². The largest absolute Gasteiger partial charge is 0.361 e. The molecule has 4 heteroatoms. The quantitative estimate of drug-likeness (QED) is 0.733. The van der Waals surface area contributed by atoms with Gasteiger partial charge in [0, 0.05) is 23.6 Å². The van der Waals surface area contributed by atoms with Crippen molar-refractivity contribution in [1.29, 1.82) is 0 Å². The van der Waals surface area contributed by atoms with Crippen LogP contribution in [0.3, 0.4) is 0 Å². The number of hydrogen-bond acceptors (Lipinski definition) is 2. The zero-order chi connectivity index (χ0) is 15.1. The molecule has 0 aliphatic rings. The summed E-state index contributed by atoms with van der Waals surface area (Å²) in [4.78, 5) is 17.6. The van der Waals surface area contributed by atoms with Crippen LogP contribution in [0.25, 0.3) is 10.9 Å². The van der Waals surface area contributed by atoms with Crippen LogP contribution in [-0.4, -0.2) is 42.0 Å². The van der Waals surface area contributed by atoms with Crippen LogP contribution in [0.4, 0.5) is 0 Å². The van der Waals surface area contributed by atoms with E-state index < -0.39 is 0 Å². The number of hydrogen-bond donors (Lipinski definition) is 2. The summed E-state index contributed by atoms with van der Waals surface area (Å²) >= 11 is 0. The van der Waals surface area contributed by atoms with Gasteiger partial charge in [-0.15, -0.1) is 0 Å². The predicted octanol–water partition coefficient (Wildman–Crippen LogP) is 2.56. The Morgan fingerprint density at radius 2 is 2.00 bits per heavy atom. The normalized spacial score (nSPS) is 11.2. The summed E-state index contributed by atoms with van der Waals surface area (Å²) in [5, 5.41) is 4.14. The van der Waals surface area contributed by atoms with E-state index in [1.165, 1.54) is 0 Å². The molecule has 0 spiro atoms. The summed E-state index contributed by atoms with van der Waals surface area (Å²) in [5.74, 6) is 0.0966. The fourth-order valence-electron chi connectivity index (χ4n) is 2.58. The zero-order valence-corrected chi connectivity index (χ0v) is 13.0. The van der Waals surface area contributed by atoms with E-state index in [0.29, 0.717) is 6.42 Å². The maximum atomic E-state index is 12.0. The number of aromatic amines is 1. The van der Waals surface area contributed by atoms with Gasteiger partial charge in [-0.3, -0.25) is 4.79 Å². The molecule has 0 saturated heterocycles. The van der Waals surface area contributed by atoms with Crippen molar-refractivity contribution in [2.24, 2.45) is 0 Å². The minimum Gasteiger partial charge on any atom is -0.361 e. The molecule has 2 N–H and O–H groups in total. The summed E-state index contributed by atoms with van der Waals surface area (Å²) in [6.45, 7) is 8.26. The van der Waals surface area contributed by atoms with E-state index >= 15 is 0 Å². The van der Waals surface area contributed by atoms with Crippen LogP contribution < -0.4 is 5.32 Å². The molecule has 0 saturated carbocycles. The van der Waals surface area contributed by atoms with E-state index in [0.717, 1.165) is 49.1 Å². The second kappa shape index (κ2) is 7.84. The van der Waals surface area contributed by atoms with Crippen LogP contribution >= 0.6 is 0 Å². The van der Waals surface area contributed by atoms with Crippen LogP contribution in [0.2, 0.25) is 0 Å². The van der Waals surface area contributed by atoms with Crippen LogP contribution in [0.5, 0.6) is 0 Å². The monoisotopic (exact) mass is 287 g/mol. The highest BCUT2D eigenvalue weighted by Gasteiger charge is 2.08. The van der Waals surface area contributed by atoms with Crippen molar-refractivity contribution < 1.29 is 4.79 Å². The lowest BCUT2D eigenvalue weighted by Crippen LogP contribution is -2.30. The molecule has 21 heavy (non-hydrogen) atoms. The Labute approximate surface area is 126 Å². The van der Waals surface area contributed by atoms with E-state index in [4.69, 9.17) is 0 Å². The van der Waals surface area contributed by atoms with Crippen LogP contribution in [-0.2, 0) is 11.2 Å². The molecule has 4 nitrogen and oxygen atoms in total. The van der Waals surface area contributed by atoms with E-state index in [1.807, 2.05) is 24.4 Å². The van der Waals surface area contributed by atoms with Crippen molar-refractivity contribution >= 4 is 16.8 Å². The van der Waals surface area contributed by atoms with Crippen molar-refractivity contribution in [3.63, 3.8) is 0 Å². The molecule has 0 atom stereocenters. The van der Waals surface area contributed by atoms with Gasteiger partial charge in [-0.1, -0.05) is 32.0 Å². The number of nitrogens with zero attached hydrogens (tertiary/aromatic N) is 1. The van der Waals surface area contributed by atoms with Crippen LogP contribution in [0.15, 0.2) is 30.5 Å². The molecule has 0 aliphatic carbocycles. The average molecular weight is 287 g/mol. The van der Waals surface area contributed by atoms with Crippen molar-refractivity contribution in [1.82, 2.24) is 15.2 Å². The predicted molar refractivity (Wildman–Crippen MR) is 87.4 cm³/mol. The number of fused-ring (bicyclic) bond motifs is 1. The van der Waals surface area contributed by atoms with Crippen molar-refractivity contribution in [2.45, 2.75) is 26.7 Å². The number of amides is 1. The van der Waals surface area contributed by atoms with Crippen molar-refractivity contribution in [3.05, 3.63) is 36.0 Å². The first-order valence-electron chi connectivity index (χ1n) is 7.78. The topological polar surface area (TPSA) is 48.1 Å². The third-order valence-electron chi connectivity index (χ3n) is 3.89. The van der Waals surface area contributed by atoms with Gasteiger partial charge in [-0.2, -0.15) is 0 Å². The lowest BCUT2D eigenvalue weighted by atomic mass is 10.1. The van der Waals surface area contributed by atoms with Gasteiger partial charge in [-0.25, -0.2) is 0 Å². The van der Waals surface area contributed by atoms with E-state index in [9.17, 15) is 4.79 Å². The second-order valence-corrected chi connectivity index (χ2v) is 5.27. The van der Waals surface area contributed by atoms with Gasteiger partial charge in [0.25, 0.3) is 0 Å². The Morgan fingerprint density at radius 3 is 2.76 bits per heavy atom. The number of carbonyl (C=O) groups excluding carboxylic acids is 1. The van der Waals surface area contributed by atoms with Crippen LogP contribution in [0.1, 0.15) is 25.8 Å². The van der Waals surface area contributed by atoms with Gasteiger partial charge in [0.1, 0.15) is 0 Å². The molecule has 0 unspecified atom stereocenters. The van der Waals surface area contributed by atoms with Gasteiger partial charge < -0.3 is 15.2 Å². The van der Waals surface area contributed by atoms with Gasteiger partial charge >= 0.3 is 0 Å². The molecule has 1 heterocycles. The number of benzene rings is 1. The van der Waals surface area contributed by atoms with E-state index in [1.54, 1.807) is 0 Å². The first-order valence-corrected chi connectivity index (χ1v) is 7.78. The summed E-state index contributed by atoms with van der Waals surface area (Å²) in [6.07, 6.45) is 3.37. The van der Waals surface area contributed by atoms with Gasteiger partial charge in [0.2, 0.25) is 5.91 Å². The molecule has 0 radical (unpaired) electrons. The van der Waals surface area contributed by atoms with E-state index in [-0.39, 0.29) is 5.91 Å². The van der Waals surface area contributed by atoms with Gasteiger partial charge in [0.15, 0.2) is 0 Å². The summed E-state index contributed by atoms with van der Waals surface area (Å²) in [7, 11) is 0. The SMILES string of the molecule is CCN(CC)CCCNC(=O)Cc1c[nH]c2ccccc12. The summed E-state index contributed by atoms with van der Waals surface area (Å²) in [5.41, 5.74) is 2.15. The third kappa shape index (κ3) is 4.33. The molecule has 0 aliphatic heterocycles. The number of carbonyl (C=O) groups is 1. The molecule has 0 bridgehead atoms. The Balaban J connectivity index is 1.77. The number of nitrogens with one attached hydrogen (secondary N) is 2. The fraction of sp³-hybridized carbons (Fsp3) is 0.471. The minimum atomic E-state index is 0.0966. The van der Waals surface area contributed by atoms with Crippen molar-refractivity contribution in [3.8, 4) is 0 Å². The standard InChI is InChI=1S/C17H25N3O/c1-3-20(4-2)11-7-10-18-17(21)12-14-13-19-16-9-6-5-8-15(14)16/h5-6,8-9,13,19H,3-4,7,10-12H2,1-2H3,(H,18,21). The number of rotatable bonds is 8. The Kier molecular flexibility index (Phi) is 5.81. The highest BCUT2D eigenvalue weighted by atomic mass is 16.1. The Morgan fingerprint density at radius 1 is 1.24 bits per heavy atom. The maximum Gasteiger partial charge on any atom is 0.224 e. The highest BCUT2D eigenvalue weighted by molar-refractivity contribution is 5.88. The van der Waals surface area contributed by atoms with E-state index in [2.05, 4.69) is 35.1 Å². The Bertz CT molecular complexity index is 572. The highest BCUT2D eigenvalue weighted by Crippen LogP contribution is 2.17. The van der Waals surface area contributed by atoms with Crippen LogP contribution in [0, 0.1) is 0 Å². The zero-order valence-electron chi connectivity index (χ0n) is 13.0. The summed E-state index contributed by atoms with van der Waals surface area (Å²) < 4.78 is 0. The number of para-hydroxylation sites is 1. The van der Waals surface area contributed by atoms with Gasteiger partial charge in [-0.05, 0) is 37.7 Å². The molecular weight excluding hydrogens is 262 g/mol. The minimum absolute atomic E-state index is 0.0966.